The van der Waals surface area contributed by atoms with Gasteiger partial charge in [-0.15, -0.1) is 11.6 Å². The molecule has 2 unspecified atom stereocenters. The molecule has 0 aromatic heterocycles. The molecule has 0 aromatic carbocycles. The van der Waals surface area contributed by atoms with Crippen molar-refractivity contribution in [1.82, 2.24) is 0 Å². The minimum absolute atomic E-state index is 0.627. The van der Waals surface area contributed by atoms with Gasteiger partial charge in [0.05, 0.1) is 0 Å². The number of methoxy groups -OCH3 is 1. The van der Waals surface area contributed by atoms with E-state index >= 15 is 0 Å². The first-order valence-electron chi connectivity index (χ1n) is 4.37. The van der Waals surface area contributed by atoms with Gasteiger partial charge < -0.3 is 4.74 Å². The van der Waals surface area contributed by atoms with E-state index < -0.39 is 0 Å². The Morgan fingerprint density at radius 3 is 2.58 bits per heavy atom. The lowest BCUT2D eigenvalue weighted by molar-refractivity contribution is 0.195. The van der Waals surface area contributed by atoms with Crippen LogP contribution in [0.2, 0.25) is 0 Å². The van der Waals surface area contributed by atoms with Crippen LogP contribution < -0.4 is 0 Å². The van der Waals surface area contributed by atoms with Crippen LogP contribution in [0.3, 0.4) is 0 Å². The lowest BCUT2D eigenvalue weighted by atomic mass is 10.3. The molecular weight excluding hydrogens is 192 g/mol. The summed E-state index contributed by atoms with van der Waals surface area (Å²) in [4.78, 5) is 0. The molecule has 0 heterocycles. The molecule has 0 saturated heterocycles. The van der Waals surface area contributed by atoms with Crippen LogP contribution in [0, 0.1) is 5.92 Å². The molecule has 0 N–H and O–H groups in total. The number of halogens is 1. The summed E-state index contributed by atoms with van der Waals surface area (Å²) >= 11 is 7.69. The van der Waals surface area contributed by atoms with Crippen molar-refractivity contribution in [3.05, 3.63) is 0 Å². The smallest absolute Gasteiger partial charge is 0.0472 e. The van der Waals surface area contributed by atoms with Gasteiger partial charge in [-0.1, -0.05) is 13.8 Å². The Balaban J connectivity index is 3.24. The molecule has 3 heteroatoms. The van der Waals surface area contributed by atoms with Gasteiger partial charge in [0, 0.05) is 24.8 Å². The average Bonchev–Trinajstić information content (AvgIpc) is 2.10. The van der Waals surface area contributed by atoms with Crippen LogP contribution >= 0.6 is 23.4 Å². The van der Waals surface area contributed by atoms with Crippen molar-refractivity contribution < 1.29 is 4.74 Å². The fraction of sp³-hybridized carbons (Fsp3) is 1.00. The fourth-order valence-electron chi connectivity index (χ4n) is 0.740. The number of alkyl halides is 1. The highest BCUT2D eigenvalue weighted by Gasteiger charge is 2.05. The third-order valence-corrected chi connectivity index (χ3v) is 3.75. The van der Waals surface area contributed by atoms with E-state index in [1.165, 1.54) is 0 Å². The Bertz CT molecular complexity index is 101. The number of ether oxygens (including phenoxy) is 1. The molecule has 0 bridgehead atoms. The third kappa shape index (κ3) is 7.26. The van der Waals surface area contributed by atoms with Crippen LogP contribution in [-0.4, -0.2) is 30.6 Å². The summed E-state index contributed by atoms with van der Waals surface area (Å²) in [6.07, 6.45) is 1.14. The second-order valence-corrected chi connectivity index (χ2v) is 4.96. The number of thioether (sulfide) groups is 1. The summed E-state index contributed by atoms with van der Waals surface area (Å²) in [5, 5.41) is 0.690. The zero-order valence-electron chi connectivity index (χ0n) is 8.18. The highest BCUT2D eigenvalue weighted by Crippen LogP contribution is 2.17. The first kappa shape index (κ1) is 12.6. The van der Waals surface area contributed by atoms with Crippen molar-refractivity contribution in [2.45, 2.75) is 25.5 Å². The third-order valence-electron chi connectivity index (χ3n) is 1.66. The van der Waals surface area contributed by atoms with E-state index in [9.17, 15) is 0 Å². The molecule has 0 fully saturated rings. The minimum atomic E-state index is 0.627. The molecule has 0 amide bonds. The zero-order chi connectivity index (χ0) is 9.40. The zero-order valence-corrected chi connectivity index (χ0v) is 9.75. The van der Waals surface area contributed by atoms with Gasteiger partial charge in [0.1, 0.15) is 0 Å². The van der Waals surface area contributed by atoms with Gasteiger partial charge in [0.15, 0.2) is 0 Å². The van der Waals surface area contributed by atoms with Gasteiger partial charge in [-0.05, 0) is 18.1 Å². The molecule has 0 rings (SSSR count). The van der Waals surface area contributed by atoms with Crippen molar-refractivity contribution in [1.29, 1.82) is 0 Å². The molecule has 0 aliphatic heterocycles. The normalized spacial score (nSPS) is 16.0. The van der Waals surface area contributed by atoms with Crippen molar-refractivity contribution in [3.63, 3.8) is 0 Å². The van der Waals surface area contributed by atoms with Crippen molar-refractivity contribution in [3.8, 4) is 0 Å². The van der Waals surface area contributed by atoms with E-state index in [-0.39, 0.29) is 0 Å². The van der Waals surface area contributed by atoms with E-state index in [1.54, 1.807) is 7.11 Å². The molecule has 0 aromatic rings. The number of rotatable bonds is 7. The van der Waals surface area contributed by atoms with Gasteiger partial charge >= 0.3 is 0 Å². The monoisotopic (exact) mass is 210 g/mol. The summed E-state index contributed by atoms with van der Waals surface area (Å²) in [6.45, 7) is 5.29. The largest absolute Gasteiger partial charge is 0.385 e. The van der Waals surface area contributed by atoms with E-state index in [4.69, 9.17) is 16.3 Å². The highest BCUT2D eigenvalue weighted by molar-refractivity contribution is 7.99. The van der Waals surface area contributed by atoms with Crippen LogP contribution in [0.1, 0.15) is 20.3 Å². The van der Waals surface area contributed by atoms with Crippen LogP contribution in [0.5, 0.6) is 0 Å². The van der Waals surface area contributed by atoms with Crippen LogP contribution in [0.15, 0.2) is 0 Å². The van der Waals surface area contributed by atoms with Crippen molar-refractivity contribution in [2.75, 3.05) is 25.3 Å². The van der Waals surface area contributed by atoms with Gasteiger partial charge in [0.25, 0.3) is 0 Å². The summed E-state index contributed by atoms with van der Waals surface area (Å²) in [7, 11) is 1.75. The maximum atomic E-state index is 5.70. The molecule has 0 radical (unpaired) electrons. The van der Waals surface area contributed by atoms with Crippen LogP contribution in [0.4, 0.5) is 0 Å². The standard InChI is InChI=1S/C9H19ClOS/c1-8(6-10)7-12-9(2)4-5-11-3/h8-9H,4-7H2,1-3H3. The second kappa shape index (κ2) is 8.21. The highest BCUT2D eigenvalue weighted by atomic mass is 35.5. The lowest BCUT2D eigenvalue weighted by Crippen LogP contribution is -2.07. The van der Waals surface area contributed by atoms with Crippen molar-refractivity contribution in [2.24, 2.45) is 5.92 Å². The molecular formula is C9H19ClOS. The Morgan fingerprint density at radius 2 is 2.08 bits per heavy atom. The molecule has 0 saturated carbocycles. The minimum Gasteiger partial charge on any atom is -0.385 e. The fourth-order valence-corrected chi connectivity index (χ4v) is 2.02. The first-order valence-corrected chi connectivity index (χ1v) is 5.95. The predicted octanol–water partition coefficient (Wildman–Crippen LogP) is 3.02. The predicted molar refractivity (Wildman–Crippen MR) is 58.3 cm³/mol. The van der Waals surface area contributed by atoms with E-state index in [0.29, 0.717) is 11.2 Å². The van der Waals surface area contributed by atoms with Gasteiger partial charge in [-0.2, -0.15) is 11.8 Å². The van der Waals surface area contributed by atoms with E-state index in [0.717, 1.165) is 24.7 Å². The average molecular weight is 211 g/mol. The number of hydrogen-bond donors (Lipinski definition) is 0. The Morgan fingerprint density at radius 1 is 1.42 bits per heavy atom. The molecule has 0 aliphatic carbocycles. The lowest BCUT2D eigenvalue weighted by Gasteiger charge is -2.12. The quantitative estimate of drug-likeness (QED) is 0.598. The maximum absolute atomic E-state index is 5.70. The van der Waals surface area contributed by atoms with Gasteiger partial charge in [0.2, 0.25) is 0 Å². The van der Waals surface area contributed by atoms with E-state index in [2.05, 4.69) is 13.8 Å². The summed E-state index contributed by atoms with van der Waals surface area (Å²) < 4.78 is 5.01. The SMILES string of the molecule is COCCC(C)SCC(C)CCl. The Labute approximate surface area is 85.2 Å². The summed E-state index contributed by atoms with van der Waals surface area (Å²) in [5.74, 6) is 2.56. The molecule has 2 atom stereocenters. The maximum Gasteiger partial charge on any atom is 0.0472 e. The molecule has 74 valence electrons. The molecule has 12 heavy (non-hydrogen) atoms. The number of hydrogen-bond acceptors (Lipinski definition) is 2. The first-order chi connectivity index (χ1) is 5.70. The molecule has 0 aliphatic rings. The Kier molecular flexibility index (Phi) is 8.62. The molecule has 0 spiro atoms. The summed E-state index contributed by atoms with van der Waals surface area (Å²) in [5.41, 5.74) is 0. The van der Waals surface area contributed by atoms with E-state index in [1.807, 2.05) is 11.8 Å². The van der Waals surface area contributed by atoms with Gasteiger partial charge in [-0.25, -0.2) is 0 Å². The van der Waals surface area contributed by atoms with Crippen LogP contribution in [-0.2, 0) is 4.74 Å². The summed E-state index contributed by atoms with van der Waals surface area (Å²) in [6, 6.07) is 0. The topological polar surface area (TPSA) is 9.23 Å². The second-order valence-electron chi connectivity index (χ2n) is 3.18. The Hall–Kier alpha value is 0.600. The molecule has 1 nitrogen and oxygen atoms in total. The van der Waals surface area contributed by atoms with Gasteiger partial charge in [-0.3, -0.25) is 0 Å². The van der Waals surface area contributed by atoms with Crippen LogP contribution in [0.25, 0.3) is 0 Å². The van der Waals surface area contributed by atoms with Crippen molar-refractivity contribution >= 4 is 23.4 Å².